The van der Waals surface area contributed by atoms with Crippen molar-refractivity contribution in [3.8, 4) is 0 Å². The number of hydrogen-bond donors (Lipinski definition) is 1. The molecule has 0 aliphatic carbocycles. The van der Waals surface area contributed by atoms with Crippen molar-refractivity contribution in [1.29, 1.82) is 0 Å². The maximum Gasteiger partial charge on any atom is 0.243 e. The highest BCUT2D eigenvalue weighted by Crippen LogP contribution is 2.05. The molecule has 2 aromatic heterocycles. The molecule has 1 N–H and O–H groups in total. The zero-order valence-corrected chi connectivity index (χ0v) is 12.3. The van der Waals surface area contributed by atoms with E-state index in [2.05, 4.69) is 20.5 Å². The molecule has 0 bridgehead atoms. The Bertz CT molecular complexity index is 551. The fourth-order valence-corrected chi connectivity index (χ4v) is 1.93. The number of aryl methyl sites for hydroxylation is 1. The summed E-state index contributed by atoms with van der Waals surface area (Å²) in [7, 11) is 1.67. The molecule has 2 rings (SSSR count). The maximum absolute atomic E-state index is 12.1. The van der Waals surface area contributed by atoms with Gasteiger partial charge in [-0.1, -0.05) is 0 Å². The summed E-state index contributed by atoms with van der Waals surface area (Å²) in [4.78, 5) is 16.0. The molecule has 0 fully saturated rings. The van der Waals surface area contributed by atoms with Crippen molar-refractivity contribution in [2.24, 2.45) is 0 Å². The Hall–Kier alpha value is -2.22. The molecule has 2 aromatic rings. The lowest BCUT2D eigenvalue weighted by Crippen LogP contribution is -2.31. The van der Waals surface area contributed by atoms with Crippen LogP contribution < -0.4 is 5.32 Å². The van der Waals surface area contributed by atoms with Crippen molar-refractivity contribution in [2.45, 2.75) is 32.5 Å². The van der Waals surface area contributed by atoms with Crippen LogP contribution in [0.5, 0.6) is 0 Å². The van der Waals surface area contributed by atoms with Gasteiger partial charge in [-0.15, -0.1) is 10.2 Å². The Morgan fingerprint density at radius 3 is 3.05 bits per heavy atom. The van der Waals surface area contributed by atoms with Crippen LogP contribution in [0.4, 0.5) is 0 Å². The van der Waals surface area contributed by atoms with Crippen LogP contribution in [0.15, 0.2) is 25.0 Å². The average molecular weight is 292 g/mol. The van der Waals surface area contributed by atoms with E-state index in [9.17, 15) is 4.79 Å². The van der Waals surface area contributed by atoms with Crippen LogP contribution in [0.3, 0.4) is 0 Å². The third-order valence-corrected chi connectivity index (χ3v) is 3.22. The normalized spacial score (nSPS) is 12.3. The molecule has 0 aliphatic heterocycles. The van der Waals surface area contributed by atoms with Gasteiger partial charge in [-0.25, -0.2) is 4.98 Å². The summed E-state index contributed by atoms with van der Waals surface area (Å²) in [6, 6.07) is -0.308. The van der Waals surface area contributed by atoms with Gasteiger partial charge in [-0.3, -0.25) is 4.79 Å². The van der Waals surface area contributed by atoms with Gasteiger partial charge in [0.1, 0.15) is 12.4 Å². The quantitative estimate of drug-likeness (QED) is 0.711. The first-order chi connectivity index (χ1) is 10.2. The summed E-state index contributed by atoms with van der Waals surface area (Å²) in [6.07, 6.45) is 7.57. The van der Waals surface area contributed by atoms with E-state index in [1.807, 2.05) is 11.5 Å². The van der Waals surface area contributed by atoms with E-state index in [-0.39, 0.29) is 11.9 Å². The van der Waals surface area contributed by atoms with E-state index >= 15 is 0 Å². The summed E-state index contributed by atoms with van der Waals surface area (Å²) in [5.41, 5.74) is 0. The Balaban J connectivity index is 1.85. The number of hydrogen-bond acceptors (Lipinski definition) is 5. The highest BCUT2D eigenvalue weighted by Gasteiger charge is 2.14. The van der Waals surface area contributed by atoms with E-state index in [4.69, 9.17) is 4.74 Å². The van der Waals surface area contributed by atoms with Crippen molar-refractivity contribution >= 4 is 5.91 Å². The van der Waals surface area contributed by atoms with Crippen LogP contribution in [-0.2, 0) is 22.6 Å². The number of aromatic nitrogens is 5. The van der Waals surface area contributed by atoms with Gasteiger partial charge in [0.2, 0.25) is 5.91 Å². The molecule has 0 aromatic carbocycles. The monoisotopic (exact) mass is 292 g/mol. The van der Waals surface area contributed by atoms with Gasteiger partial charge in [0.05, 0.1) is 12.9 Å². The fourth-order valence-electron chi connectivity index (χ4n) is 1.93. The van der Waals surface area contributed by atoms with E-state index in [0.29, 0.717) is 13.2 Å². The molecule has 8 nitrogen and oxygen atoms in total. The molecule has 8 heteroatoms. The molecule has 114 valence electrons. The van der Waals surface area contributed by atoms with Gasteiger partial charge in [0.25, 0.3) is 0 Å². The number of amides is 1. The second kappa shape index (κ2) is 7.53. The molecular weight excluding hydrogens is 272 g/mol. The minimum absolute atomic E-state index is 0.0839. The lowest BCUT2D eigenvalue weighted by molar-refractivity contribution is -0.124. The third-order valence-electron chi connectivity index (χ3n) is 3.22. The summed E-state index contributed by atoms with van der Waals surface area (Å²) in [5.74, 6) is 0.650. The van der Waals surface area contributed by atoms with Gasteiger partial charge in [0.15, 0.2) is 5.82 Å². The van der Waals surface area contributed by atoms with Crippen LogP contribution in [0.25, 0.3) is 0 Å². The minimum atomic E-state index is -0.308. The Morgan fingerprint density at radius 1 is 1.48 bits per heavy atom. The zero-order valence-electron chi connectivity index (χ0n) is 12.3. The van der Waals surface area contributed by atoms with Crippen LogP contribution in [0.2, 0.25) is 0 Å². The van der Waals surface area contributed by atoms with Crippen molar-refractivity contribution < 1.29 is 9.53 Å². The van der Waals surface area contributed by atoms with Crippen molar-refractivity contribution in [3.63, 3.8) is 0 Å². The number of imidazole rings is 1. The Labute approximate surface area is 123 Å². The Kier molecular flexibility index (Phi) is 5.44. The molecule has 0 saturated heterocycles. The number of nitrogens with one attached hydrogen (secondary N) is 1. The second-order valence-electron chi connectivity index (χ2n) is 4.69. The molecule has 2 heterocycles. The standard InChI is InChI=1S/C13H20N6O2/c1-11(18-6-4-14-9-18)13(20)15-8-12-17-16-10-19(12)5-3-7-21-2/h4,6,9-11H,3,5,7-8H2,1-2H3,(H,15,20)/t11-/m0/s1. The van der Waals surface area contributed by atoms with Crippen LogP contribution in [-0.4, -0.2) is 43.9 Å². The number of methoxy groups -OCH3 is 1. The number of rotatable bonds is 8. The van der Waals surface area contributed by atoms with Crippen LogP contribution >= 0.6 is 0 Å². The summed E-state index contributed by atoms with van der Waals surface area (Å²) in [5, 5.41) is 10.8. The van der Waals surface area contributed by atoms with Gasteiger partial charge in [-0.2, -0.15) is 0 Å². The van der Waals surface area contributed by atoms with Gasteiger partial charge in [-0.05, 0) is 13.3 Å². The van der Waals surface area contributed by atoms with E-state index in [1.54, 1.807) is 36.7 Å². The molecule has 0 spiro atoms. The molecule has 0 aliphatic rings. The summed E-state index contributed by atoms with van der Waals surface area (Å²) >= 11 is 0. The highest BCUT2D eigenvalue weighted by atomic mass is 16.5. The second-order valence-corrected chi connectivity index (χ2v) is 4.69. The highest BCUT2D eigenvalue weighted by molar-refractivity contribution is 5.79. The average Bonchev–Trinajstić information content (AvgIpc) is 3.16. The van der Waals surface area contributed by atoms with Gasteiger partial charge < -0.3 is 19.2 Å². The van der Waals surface area contributed by atoms with Crippen LogP contribution in [0, 0.1) is 0 Å². The van der Waals surface area contributed by atoms with Crippen molar-refractivity contribution in [3.05, 3.63) is 30.9 Å². The SMILES string of the molecule is COCCCn1cnnc1CNC(=O)[C@H](C)n1ccnc1. The summed E-state index contributed by atoms with van der Waals surface area (Å²) in [6.45, 7) is 3.62. The van der Waals surface area contributed by atoms with Crippen molar-refractivity contribution in [2.75, 3.05) is 13.7 Å². The van der Waals surface area contributed by atoms with Crippen LogP contribution in [0.1, 0.15) is 25.2 Å². The maximum atomic E-state index is 12.1. The van der Waals surface area contributed by atoms with Crippen molar-refractivity contribution in [1.82, 2.24) is 29.6 Å². The topological polar surface area (TPSA) is 86.9 Å². The smallest absolute Gasteiger partial charge is 0.243 e. The van der Waals surface area contributed by atoms with Gasteiger partial charge >= 0.3 is 0 Å². The molecular formula is C13H20N6O2. The van der Waals surface area contributed by atoms with E-state index in [1.165, 1.54) is 0 Å². The molecule has 0 unspecified atom stereocenters. The number of nitrogens with zero attached hydrogens (tertiary/aromatic N) is 5. The number of carbonyl (C=O) groups is 1. The zero-order chi connectivity index (χ0) is 15.1. The molecule has 0 saturated carbocycles. The summed E-state index contributed by atoms with van der Waals surface area (Å²) < 4.78 is 8.68. The first-order valence-electron chi connectivity index (χ1n) is 6.83. The van der Waals surface area contributed by atoms with E-state index in [0.717, 1.165) is 18.8 Å². The number of carbonyl (C=O) groups excluding carboxylic acids is 1. The minimum Gasteiger partial charge on any atom is -0.385 e. The lowest BCUT2D eigenvalue weighted by atomic mass is 10.3. The molecule has 1 amide bonds. The van der Waals surface area contributed by atoms with E-state index < -0.39 is 0 Å². The number of ether oxygens (including phenoxy) is 1. The predicted molar refractivity (Wildman–Crippen MR) is 75.3 cm³/mol. The largest absolute Gasteiger partial charge is 0.385 e. The third kappa shape index (κ3) is 4.12. The first kappa shape index (κ1) is 15.2. The Morgan fingerprint density at radius 2 is 2.33 bits per heavy atom. The fraction of sp³-hybridized carbons (Fsp3) is 0.538. The van der Waals surface area contributed by atoms with Gasteiger partial charge in [0, 0.05) is 32.7 Å². The molecule has 21 heavy (non-hydrogen) atoms. The first-order valence-corrected chi connectivity index (χ1v) is 6.83. The lowest BCUT2D eigenvalue weighted by Gasteiger charge is -2.13. The predicted octanol–water partition coefficient (Wildman–Crippen LogP) is 0.389. The molecule has 0 radical (unpaired) electrons. The molecule has 1 atom stereocenters.